The lowest BCUT2D eigenvalue weighted by molar-refractivity contribution is 0.0952. The average Bonchev–Trinajstić information content (AvgIpc) is 2.68. The van der Waals surface area contributed by atoms with Gasteiger partial charge in [0.1, 0.15) is 5.75 Å². The first-order valence-electron chi connectivity index (χ1n) is 10.5. The van der Waals surface area contributed by atoms with E-state index in [1.54, 1.807) is 18.3 Å². The van der Waals surface area contributed by atoms with E-state index in [0.717, 1.165) is 30.5 Å². The van der Waals surface area contributed by atoms with Gasteiger partial charge >= 0.3 is 0 Å². The van der Waals surface area contributed by atoms with E-state index in [4.69, 9.17) is 0 Å². The molecule has 3 rings (SSSR count). The van der Waals surface area contributed by atoms with Crippen LogP contribution < -0.4 is 10.3 Å². The molecule has 1 heterocycles. The number of nitrogens with one attached hydrogen (secondary N) is 1. The largest absolute Gasteiger partial charge is 0.506 e. The molecule has 0 aromatic heterocycles. The third kappa shape index (κ3) is 4.98. The van der Waals surface area contributed by atoms with Crippen molar-refractivity contribution in [3.05, 3.63) is 55.5 Å². The second-order valence-corrected chi connectivity index (χ2v) is 10.6. The number of phenolic OH excluding ortho intramolecular Hbond substituents is 1. The van der Waals surface area contributed by atoms with Gasteiger partial charge in [0.15, 0.2) is 0 Å². The molecule has 2 N–H and O–H groups in total. The number of hydrogen-bond acceptors (Lipinski definition) is 4. The maximum atomic E-state index is 12.5. The molecule has 2 aromatic carbocycles. The molecule has 0 saturated carbocycles. The molecule has 5 nitrogen and oxygen atoms in total. The Labute approximate surface area is 201 Å². The van der Waals surface area contributed by atoms with Gasteiger partial charge in [-0.3, -0.25) is 4.79 Å². The zero-order valence-electron chi connectivity index (χ0n) is 18.6. The highest BCUT2D eigenvalue weighted by Gasteiger charge is 2.36. The van der Waals surface area contributed by atoms with E-state index in [0.29, 0.717) is 14.9 Å². The molecular weight excluding hydrogens is 522 g/mol. The molecule has 1 aliphatic heterocycles. The van der Waals surface area contributed by atoms with Gasteiger partial charge in [0.05, 0.1) is 16.3 Å². The molecule has 7 heteroatoms. The van der Waals surface area contributed by atoms with Gasteiger partial charge in [0.2, 0.25) is 0 Å². The summed E-state index contributed by atoms with van der Waals surface area (Å²) in [4.78, 5) is 15.0. The number of fused-ring (bicyclic) bond motifs is 1. The van der Waals surface area contributed by atoms with Crippen molar-refractivity contribution < 1.29 is 9.90 Å². The molecule has 0 fully saturated rings. The smallest absolute Gasteiger partial charge is 0.275 e. The lowest BCUT2D eigenvalue weighted by Gasteiger charge is -2.48. The first kappa shape index (κ1) is 23.8. The fourth-order valence-electron chi connectivity index (χ4n) is 4.40. The molecule has 0 aliphatic carbocycles. The van der Waals surface area contributed by atoms with Crippen molar-refractivity contribution in [2.75, 3.05) is 11.4 Å². The van der Waals surface area contributed by atoms with Crippen LogP contribution in [0.4, 0.5) is 5.69 Å². The van der Waals surface area contributed by atoms with Crippen LogP contribution in [-0.4, -0.2) is 29.3 Å². The first-order valence-corrected chi connectivity index (χ1v) is 12.1. The summed E-state index contributed by atoms with van der Waals surface area (Å²) in [5.41, 5.74) is 7.49. The summed E-state index contributed by atoms with van der Waals surface area (Å²) in [5.74, 6) is -0.152. The minimum absolute atomic E-state index is 0.117. The third-order valence-electron chi connectivity index (χ3n) is 5.86. The Balaban J connectivity index is 1.86. The Morgan fingerprint density at radius 3 is 2.71 bits per heavy atom. The Morgan fingerprint density at radius 1 is 1.32 bits per heavy atom. The van der Waals surface area contributed by atoms with E-state index < -0.39 is 5.91 Å². The van der Waals surface area contributed by atoms with E-state index in [2.05, 4.69) is 94.0 Å². The van der Waals surface area contributed by atoms with Gasteiger partial charge in [-0.1, -0.05) is 29.8 Å². The molecule has 166 valence electrons. The molecule has 31 heavy (non-hydrogen) atoms. The highest BCUT2D eigenvalue weighted by atomic mass is 79.9. The number of aryl methyl sites for hydroxylation is 1. The quantitative estimate of drug-likeness (QED) is 0.330. The zero-order valence-corrected chi connectivity index (χ0v) is 21.8. The van der Waals surface area contributed by atoms with Gasteiger partial charge in [0.25, 0.3) is 5.91 Å². The zero-order chi connectivity index (χ0) is 22.9. The lowest BCUT2D eigenvalue weighted by atomic mass is 9.79. The predicted octanol–water partition coefficient (Wildman–Crippen LogP) is 6.49. The fourth-order valence-corrected chi connectivity index (χ4v) is 5.62. The predicted molar refractivity (Wildman–Crippen MR) is 134 cm³/mol. The number of phenols is 1. The summed E-state index contributed by atoms with van der Waals surface area (Å²) >= 11 is 6.57. The number of carbonyl (C=O) groups excluding carboxylic acids is 1. The van der Waals surface area contributed by atoms with Crippen LogP contribution in [0.25, 0.3) is 0 Å². The average molecular weight is 551 g/mol. The molecule has 0 bridgehead atoms. The standard InChI is InChI=1S/C24H29Br2N3O2/c1-6-7-29-21-8-14(2)16(9-18(21)15(3)12-24(29,4)5)13-27-28-23(31)19-10-17(25)11-20(26)22(19)30/h8-11,13,15,30H,6-7,12H2,1-5H3,(H,28,31)/b27-13-. The van der Waals surface area contributed by atoms with Crippen LogP contribution >= 0.6 is 31.9 Å². The highest BCUT2D eigenvalue weighted by molar-refractivity contribution is 9.11. The van der Waals surface area contributed by atoms with Crippen LogP contribution in [0, 0.1) is 6.92 Å². The van der Waals surface area contributed by atoms with Gasteiger partial charge in [0, 0.05) is 22.2 Å². The van der Waals surface area contributed by atoms with Crippen molar-refractivity contribution in [3.8, 4) is 5.75 Å². The number of amides is 1. The van der Waals surface area contributed by atoms with Gasteiger partial charge in [-0.05, 0) is 96.4 Å². The molecule has 1 unspecified atom stereocenters. The van der Waals surface area contributed by atoms with Gasteiger partial charge in [-0.2, -0.15) is 5.10 Å². The van der Waals surface area contributed by atoms with Crippen LogP contribution in [0.5, 0.6) is 5.75 Å². The van der Waals surface area contributed by atoms with Crippen LogP contribution in [0.15, 0.2) is 38.3 Å². The topological polar surface area (TPSA) is 64.9 Å². The summed E-state index contributed by atoms with van der Waals surface area (Å²) in [6.45, 7) is 12.2. The summed E-state index contributed by atoms with van der Waals surface area (Å²) in [6.07, 6.45) is 3.87. The van der Waals surface area contributed by atoms with Gasteiger partial charge < -0.3 is 10.0 Å². The molecule has 1 atom stereocenters. The molecule has 1 amide bonds. The summed E-state index contributed by atoms with van der Waals surface area (Å²) in [5, 5.41) is 14.3. The molecule has 0 saturated heterocycles. The van der Waals surface area contributed by atoms with Crippen molar-refractivity contribution in [2.24, 2.45) is 5.10 Å². The second-order valence-electron chi connectivity index (χ2n) is 8.82. The number of hydrazone groups is 1. The summed E-state index contributed by atoms with van der Waals surface area (Å²) in [7, 11) is 0. The van der Waals surface area contributed by atoms with Gasteiger partial charge in [-0.15, -0.1) is 0 Å². The van der Waals surface area contributed by atoms with E-state index in [1.165, 1.54) is 11.3 Å². The number of anilines is 1. The Kier molecular flexibility index (Phi) is 7.16. The minimum atomic E-state index is -0.476. The minimum Gasteiger partial charge on any atom is -0.506 e. The van der Waals surface area contributed by atoms with E-state index in [1.807, 2.05) is 0 Å². The number of aromatic hydroxyl groups is 1. The van der Waals surface area contributed by atoms with Crippen molar-refractivity contribution in [1.29, 1.82) is 0 Å². The molecule has 0 spiro atoms. The number of benzene rings is 2. The van der Waals surface area contributed by atoms with Crippen LogP contribution in [0.3, 0.4) is 0 Å². The maximum Gasteiger partial charge on any atom is 0.275 e. The normalized spacial score (nSPS) is 17.6. The number of halogens is 2. The van der Waals surface area contributed by atoms with Crippen LogP contribution in [0.2, 0.25) is 0 Å². The number of rotatable bonds is 5. The third-order valence-corrected chi connectivity index (χ3v) is 6.93. The van der Waals surface area contributed by atoms with E-state index >= 15 is 0 Å². The highest BCUT2D eigenvalue weighted by Crippen LogP contribution is 2.44. The summed E-state index contributed by atoms with van der Waals surface area (Å²) in [6, 6.07) is 7.66. The molecule has 2 aromatic rings. The Bertz CT molecular complexity index is 1030. The molecule has 1 aliphatic rings. The number of nitrogens with zero attached hydrogens (tertiary/aromatic N) is 2. The second kappa shape index (κ2) is 9.33. The monoisotopic (exact) mass is 549 g/mol. The van der Waals surface area contributed by atoms with Crippen molar-refractivity contribution >= 4 is 49.7 Å². The van der Waals surface area contributed by atoms with Crippen molar-refractivity contribution in [3.63, 3.8) is 0 Å². The van der Waals surface area contributed by atoms with Gasteiger partial charge in [-0.25, -0.2) is 5.43 Å². The lowest BCUT2D eigenvalue weighted by Crippen LogP contribution is -2.48. The maximum absolute atomic E-state index is 12.5. The van der Waals surface area contributed by atoms with Crippen LogP contribution in [0.1, 0.15) is 73.5 Å². The summed E-state index contributed by atoms with van der Waals surface area (Å²) < 4.78 is 1.13. The van der Waals surface area contributed by atoms with Crippen molar-refractivity contribution in [2.45, 2.75) is 58.9 Å². The first-order chi connectivity index (χ1) is 14.5. The van der Waals surface area contributed by atoms with Crippen LogP contribution in [-0.2, 0) is 0 Å². The fraction of sp³-hybridized carbons (Fsp3) is 0.417. The number of carbonyl (C=O) groups is 1. The van der Waals surface area contributed by atoms with E-state index in [9.17, 15) is 9.90 Å². The Hall–Kier alpha value is -1.86. The molecular formula is C24H29Br2N3O2. The van der Waals surface area contributed by atoms with Crippen molar-refractivity contribution in [1.82, 2.24) is 5.43 Å². The molecule has 0 radical (unpaired) electrons. The Morgan fingerprint density at radius 2 is 2.03 bits per heavy atom. The number of hydrogen-bond donors (Lipinski definition) is 2. The SMILES string of the molecule is CCCN1c2cc(C)c(/C=N\NC(=O)c3cc(Br)cc(Br)c3O)cc2C(C)CC1(C)C. The van der Waals surface area contributed by atoms with E-state index in [-0.39, 0.29) is 16.9 Å².